The molecular formula is C16H19N3O4. The smallest absolute Gasteiger partial charge is 0.328 e. The number of hydrogen-bond acceptors (Lipinski definition) is 4. The normalized spacial score (nSPS) is 18.7. The third-order valence-electron chi connectivity index (χ3n) is 4.31. The van der Waals surface area contributed by atoms with E-state index in [0.717, 1.165) is 30.0 Å². The molecule has 2 fully saturated rings. The maximum atomic E-state index is 11.9. The summed E-state index contributed by atoms with van der Waals surface area (Å²) in [7, 11) is 0. The molecule has 7 nitrogen and oxygen atoms in total. The van der Waals surface area contributed by atoms with E-state index in [1.807, 2.05) is 25.1 Å². The summed E-state index contributed by atoms with van der Waals surface area (Å²) in [5.74, 6) is -0.802. The number of urea groups is 1. The van der Waals surface area contributed by atoms with Gasteiger partial charge in [0.25, 0.3) is 0 Å². The number of amides is 3. The summed E-state index contributed by atoms with van der Waals surface area (Å²) in [6.45, 7) is 3.79. The summed E-state index contributed by atoms with van der Waals surface area (Å²) in [6.07, 6.45) is 0.505. The van der Waals surface area contributed by atoms with Crippen molar-refractivity contribution in [1.29, 1.82) is 0 Å². The van der Waals surface area contributed by atoms with Crippen molar-refractivity contribution in [3.8, 4) is 0 Å². The van der Waals surface area contributed by atoms with Crippen molar-refractivity contribution in [2.75, 3.05) is 29.4 Å². The molecule has 0 saturated carbocycles. The van der Waals surface area contributed by atoms with Crippen molar-refractivity contribution >= 4 is 29.3 Å². The summed E-state index contributed by atoms with van der Waals surface area (Å²) in [5.41, 5.74) is 2.77. The van der Waals surface area contributed by atoms with E-state index in [1.54, 1.807) is 4.90 Å². The van der Waals surface area contributed by atoms with Gasteiger partial charge in [-0.2, -0.15) is 0 Å². The number of hydrogen-bond donors (Lipinski definition) is 2. The van der Waals surface area contributed by atoms with E-state index in [-0.39, 0.29) is 24.3 Å². The fourth-order valence-electron chi connectivity index (χ4n) is 3.09. The van der Waals surface area contributed by atoms with Crippen molar-refractivity contribution in [2.45, 2.75) is 19.8 Å². The molecule has 0 atom stereocenters. The Morgan fingerprint density at radius 3 is 2.70 bits per heavy atom. The topological polar surface area (TPSA) is 90.0 Å². The second kappa shape index (κ2) is 5.91. The molecular weight excluding hydrogens is 298 g/mol. The van der Waals surface area contributed by atoms with E-state index < -0.39 is 5.97 Å². The third kappa shape index (κ3) is 3.13. The Bertz CT molecular complexity index is 667. The molecule has 0 bridgehead atoms. The number of anilines is 2. The number of benzene rings is 1. The van der Waals surface area contributed by atoms with Gasteiger partial charge in [0, 0.05) is 43.3 Å². The lowest BCUT2D eigenvalue weighted by molar-refractivity contribution is -0.138. The van der Waals surface area contributed by atoms with Gasteiger partial charge in [0.2, 0.25) is 5.91 Å². The molecule has 2 saturated heterocycles. The highest BCUT2D eigenvalue weighted by molar-refractivity contribution is 6.06. The Hall–Kier alpha value is -2.57. The zero-order chi connectivity index (χ0) is 16.6. The minimum Gasteiger partial charge on any atom is -0.481 e. The van der Waals surface area contributed by atoms with Crippen LogP contribution in [0.25, 0.3) is 0 Å². The van der Waals surface area contributed by atoms with Crippen LogP contribution >= 0.6 is 0 Å². The van der Waals surface area contributed by atoms with Gasteiger partial charge in [0.1, 0.15) is 0 Å². The molecule has 2 aliphatic heterocycles. The SMILES string of the molecule is Cc1cc(N2CC(CC(=O)O)C2)ccc1N1CCC(=O)NC1=O. The molecule has 0 aliphatic carbocycles. The molecule has 7 heteroatoms. The minimum atomic E-state index is -0.758. The molecule has 1 aromatic carbocycles. The lowest BCUT2D eigenvalue weighted by atomic mass is 9.95. The molecule has 0 radical (unpaired) electrons. The molecule has 3 rings (SSSR count). The van der Waals surface area contributed by atoms with Gasteiger partial charge in [-0.1, -0.05) is 0 Å². The maximum absolute atomic E-state index is 11.9. The van der Waals surface area contributed by atoms with Crippen LogP contribution in [0.15, 0.2) is 18.2 Å². The number of carboxylic acid groups (broad SMARTS) is 1. The number of aliphatic carboxylic acids is 1. The molecule has 3 amide bonds. The van der Waals surface area contributed by atoms with E-state index >= 15 is 0 Å². The molecule has 2 aliphatic rings. The molecule has 122 valence electrons. The number of carbonyl (C=O) groups is 3. The van der Waals surface area contributed by atoms with Crippen LogP contribution in [0.3, 0.4) is 0 Å². The van der Waals surface area contributed by atoms with Crippen LogP contribution in [-0.2, 0) is 9.59 Å². The van der Waals surface area contributed by atoms with Crippen LogP contribution in [0.1, 0.15) is 18.4 Å². The Balaban J connectivity index is 1.68. The zero-order valence-corrected chi connectivity index (χ0v) is 12.9. The standard InChI is InChI=1S/C16H19N3O4/c1-10-6-12(18-8-11(9-18)7-15(21)22)2-3-13(10)19-5-4-14(20)17-16(19)23/h2-3,6,11H,4-5,7-9H2,1H3,(H,21,22)(H,17,20,23). The van der Waals surface area contributed by atoms with Crippen LogP contribution in [-0.4, -0.2) is 42.6 Å². The van der Waals surface area contributed by atoms with E-state index in [2.05, 4.69) is 10.2 Å². The number of nitrogens with one attached hydrogen (secondary N) is 1. The predicted molar refractivity (Wildman–Crippen MR) is 84.6 cm³/mol. The van der Waals surface area contributed by atoms with E-state index in [1.165, 1.54) is 0 Å². The van der Waals surface area contributed by atoms with Gasteiger partial charge in [-0.3, -0.25) is 19.8 Å². The Kier molecular flexibility index (Phi) is 3.94. The summed E-state index contributed by atoms with van der Waals surface area (Å²) < 4.78 is 0. The van der Waals surface area contributed by atoms with Crippen molar-refractivity contribution in [3.63, 3.8) is 0 Å². The largest absolute Gasteiger partial charge is 0.481 e. The first-order valence-electron chi connectivity index (χ1n) is 7.63. The average Bonchev–Trinajstić information content (AvgIpc) is 2.43. The van der Waals surface area contributed by atoms with E-state index in [0.29, 0.717) is 13.0 Å². The third-order valence-corrected chi connectivity index (χ3v) is 4.31. The average molecular weight is 317 g/mol. The summed E-state index contributed by atoms with van der Waals surface area (Å²) in [6, 6.07) is 5.42. The van der Waals surface area contributed by atoms with Crippen molar-refractivity contribution < 1.29 is 19.5 Å². The van der Waals surface area contributed by atoms with Gasteiger partial charge in [-0.25, -0.2) is 4.79 Å². The number of carboxylic acids is 1. The summed E-state index contributed by atoms with van der Waals surface area (Å²) in [5, 5.41) is 11.1. The number of nitrogens with zero attached hydrogens (tertiary/aromatic N) is 2. The van der Waals surface area contributed by atoms with Crippen LogP contribution in [0, 0.1) is 12.8 Å². The molecule has 1 aromatic rings. The van der Waals surface area contributed by atoms with Gasteiger partial charge >= 0.3 is 12.0 Å². The molecule has 2 N–H and O–H groups in total. The molecule has 0 unspecified atom stereocenters. The molecule has 23 heavy (non-hydrogen) atoms. The minimum absolute atomic E-state index is 0.200. The van der Waals surface area contributed by atoms with Crippen LogP contribution in [0.4, 0.5) is 16.2 Å². The predicted octanol–water partition coefficient (Wildman–Crippen LogP) is 1.35. The number of aryl methyl sites for hydroxylation is 1. The van der Waals surface area contributed by atoms with Gasteiger partial charge in [0.15, 0.2) is 0 Å². The maximum Gasteiger partial charge on any atom is 0.328 e. The van der Waals surface area contributed by atoms with Gasteiger partial charge in [-0.15, -0.1) is 0 Å². The van der Waals surface area contributed by atoms with Gasteiger partial charge in [0.05, 0.1) is 6.42 Å². The monoisotopic (exact) mass is 317 g/mol. The first-order valence-corrected chi connectivity index (χ1v) is 7.63. The highest BCUT2D eigenvalue weighted by atomic mass is 16.4. The fourth-order valence-corrected chi connectivity index (χ4v) is 3.09. The summed E-state index contributed by atoms with van der Waals surface area (Å²) in [4.78, 5) is 37.5. The Morgan fingerprint density at radius 2 is 2.09 bits per heavy atom. The second-order valence-corrected chi connectivity index (χ2v) is 6.09. The summed E-state index contributed by atoms with van der Waals surface area (Å²) >= 11 is 0. The van der Waals surface area contributed by atoms with Crippen LogP contribution in [0.5, 0.6) is 0 Å². The second-order valence-electron chi connectivity index (χ2n) is 6.09. The lowest BCUT2D eigenvalue weighted by Crippen LogP contribution is -2.50. The number of imide groups is 1. The number of carbonyl (C=O) groups excluding carboxylic acids is 2. The number of rotatable bonds is 4. The zero-order valence-electron chi connectivity index (χ0n) is 12.9. The molecule has 0 spiro atoms. The highest BCUT2D eigenvalue weighted by Gasteiger charge is 2.30. The first kappa shape index (κ1) is 15.3. The quantitative estimate of drug-likeness (QED) is 0.875. The van der Waals surface area contributed by atoms with Crippen LogP contribution in [0.2, 0.25) is 0 Å². The van der Waals surface area contributed by atoms with Crippen LogP contribution < -0.4 is 15.1 Å². The molecule has 2 heterocycles. The van der Waals surface area contributed by atoms with Crippen molar-refractivity contribution in [2.24, 2.45) is 5.92 Å². The Labute approximate surface area is 133 Å². The highest BCUT2D eigenvalue weighted by Crippen LogP contribution is 2.31. The van der Waals surface area contributed by atoms with E-state index in [9.17, 15) is 14.4 Å². The van der Waals surface area contributed by atoms with Gasteiger partial charge in [-0.05, 0) is 30.7 Å². The van der Waals surface area contributed by atoms with Gasteiger partial charge < -0.3 is 10.0 Å². The Morgan fingerprint density at radius 1 is 1.35 bits per heavy atom. The van der Waals surface area contributed by atoms with E-state index in [4.69, 9.17) is 5.11 Å². The van der Waals surface area contributed by atoms with Crippen molar-refractivity contribution in [3.05, 3.63) is 23.8 Å². The first-order chi connectivity index (χ1) is 10.9. The lowest BCUT2D eigenvalue weighted by Gasteiger charge is -2.41. The van der Waals surface area contributed by atoms with Crippen molar-refractivity contribution in [1.82, 2.24) is 5.32 Å². The fraction of sp³-hybridized carbons (Fsp3) is 0.438. The molecule has 0 aromatic heterocycles.